The van der Waals surface area contributed by atoms with Crippen molar-refractivity contribution in [1.29, 1.82) is 0 Å². The predicted molar refractivity (Wildman–Crippen MR) is 188 cm³/mol. The van der Waals surface area contributed by atoms with Gasteiger partial charge in [-0.25, -0.2) is 4.98 Å². The van der Waals surface area contributed by atoms with E-state index in [9.17, 15) is 19.5 Å². The van der Waals surface area contributed by atoms with Gasteiger partial charge in [-0.15, -0.1) is 22.9 Å². The zero-order chi connectivity index (χ0) is 34.2. The zero-order valence-electron chi connectivity index (χ0n) is 28.4. The van der Waals surface area contributed by atoms with Crippen molar-refractivity contribution < 1.29 is 29.0 Å². The maximum Gasteiger partial charge on any atom is 0.247 e. The molecule has 1 aliphatic rings. The Morgan fingerprint density at radius 3 is 2.23 bits per heavy atom. The number of carbonyl (C=O) groups is 3. The summed E-state index contributed by atoms with van der Waals surface area (Å²) < 4.78 is 11.2. The van der Waals surface area contributed by atoms with Crippen LogP contribution in [0.4, 0.5) is 5.69 Å². The van der Waals surface area contributed by atoms with Crippen LogP contribution in [0.25, 0.3) is 10.4 Å². The first-order chi connectivity index (χ1) is 22.5. The standard InChI is InChI=1S/C35H53ClN4O6S/c1-25-31(47-24-37-25)26-13-15-27(16-14-26)38-33(43)29-22-28(41)23-40(29)34(44)32(35(2,3)4)39-30(42)12-8-7-11-19-46-21-20-45-18-10-6-5-9-17-36/h13-16,24,28-29,32,41H,5-12,17-23H2,1-4H3,(H,38,43)(H,39,42)/t28-,29+,32?/m1/s1. The van der Waals surface area contributed by atoms with E-state index in [1.807, 2.05) is 52.0 Å². The molecule has 2 aromatic rings. The van der Waals surface area contributed by atoms with Gasteiger partial charge in [0.2, 0.25) is 17.7 Å². The largest absolute Gasteiger partial charge is 0.391 e. The number of nitrogens with one attached hydrogen (secondary N) is 2. The Morgan fingerprint density at radius 2 is 1.64 bits per heavy atom. The molecule has 1 aliphatic heterocycles. The number of amides is 3. The fourth-order valence-corrected chi connectivity index (χ4v) is 6.50. The molecule has 1 saturated heterocycles. The third kappa shape index (κ3) is 13.1. The van der Waals surface area contributed by atoms with Crippen LogP contribution in [0.15, 0.2) is 29.8 Å². The third-order valence-electron chi connectivity index (χ3n) is 8.18. The number of likely N-dealkylation sites (tertiary alicyclic amines) is 1. The number of β-amino-alcohol motifs (C(OH)–C–C–N with tert-alkyl or cyclic N) is 1. The van der Waals surface area contributed by atoms with Crippen molar-refractivity contribution in [2.75, 3.05) is 44.2 Å². The SMILES string of the molecule is Cc1ncsc1-c1ccc(NC(=O)[C@@H]2C[C@@H](O)CN2C(=O)C(NC(=O)CCCCCOCCOCCCCCCCl)C(C)(C)C)cc1. The van der Waals surface area contributed by atoms with Gasteiger partial charge in [0.25, 0.3) is 0 Å². The minimum atomic E-state index is -0.853. The molecule has 0 aliphatic carbocycles. The molecule has 0 spiro atoms. The molecular weight excluding hydrogens is 640 g/mol. The number of benzene rings is 1. The van der Waals surface area contributed by atoms with Gasteiger partial charge in [0.1, 0.15) is 12.1 Å². The number of aliphatic hydroxyl groups excluding tert-OH is 1. The number of aliphatic hydroxyl groups is 1. The Morgan fingerprint density at radius 1 is 1.00 bits per heavy atom. The van der Waals surface area contributed by atoms with Crippen molar-refractivity contribution in [2.45, 2.75) is 104 Å². The van der Waals surface area contributed by atoms with Crippen LogP contribution in [0.1, 0.15) is 84.3 Å². The van der Waals surface area contributed by atoms with Gasteiger partial charge < -0.3 is 30.1 Å². The van der Waals surface area contributed by atoms with Crippen molar-refractivity contribution in [2.24, 2.45) is 5.41 Å². The summed E-state index contributed by atoms with van der Waals surface area (Å²) in [5.74, 6) is -0.238. The summed E-state index contributed by atoms with van der Waals surface area (Å²) >= 11 is 7.24. The Hall–Kier alpha value is -2.57. The van der Waals surface area contributed by atoms with Crippen molar-refractivity contribution in [3.63, 3.8) is 0 Å². The number of hydrogen-bond acceptors (Lipinski definition) is 8. The van der Waals surface area contributed by atoms with E-state index in [0.717, 1.165) is 67.1 Å². The van der Waals surface area contributed by atoms with Crippen molar-refractivity contribution in [3.05, 3.63) is 35.5 Å². The lowest BCUT2D eigenvalue weighted by atomic mass is 9.85. The highest BCUT2D eigenvalue weighted by Crippen LogP contribution is 2.29. The summed E-state index contributed by atoms with van der Waals surface area (Å²) in [4.78, 5) is 46.9. The maximum atomic E-state index is 13.8. The Kier molecular flexibility index (Phi) is 16.6. The van der Waals surface area contributed by atoms with Crippen LogP contribution < -0.4 is 10.6 Å². The van der Waals surface area contributed by atoms with E-state index < -0.39 is 23.6 Å². The number of hydrogen-bond donors (Lipinski definition) is 3. The zero-order valence-corrected chi connectivity index (χ0v) is 30.0. The summed E-state index contributed by atoms with van der Waals surface area (Å²) in [6, 6.07) is 5.78. The predicted octanol–water partition coefficient (Wildman–Crippen LogP) is 5.94. The Balaban J connectivity index is 1.42. The van der Waals surface area contributed by atoms with E-state index in [1.54, 1.807) is 16.8 Å². The van der Waals surface area contributed by atoms with Crippen molar-refractivity contribution in [1.82, 2.24) is 15.2 Å². The molecule has 262 valence electrons. The molecule has 0 radical (unpaired) electrons. The highest BCUT2D eigenvalue weighted by atomic mass is 35.5. The van der Waals surface area contributed by atoms with Gasteiger partial charge in [-0.2, -0.15) is 0 Å². The second kappa shape index (κ2) is 20.1. The number of nitrogens with zero attached hydrogens (tertiary/aromatic N) is 2. The number of anilines is 1. The van der Waals surface area contributed by atoms with E-state index in [2.05, 4.69) is 15.6 Å². The molecule has 10 nitrogen and oxygen atoms in total. The van der Waals surface area contributed by atoms with E-state index >= 15 is 0 Å². The summed E-state index contributed by atoms with van der Waals surface area (Å²) in [5.41, 5.74) is 3.75. The normalized spacial score (nSPS) is 17.1. The highest BCUT2D eigenvalue weighted by Gasteiger charge is 2.44. The second-order valence-electron chi connectivity index (χ2n) is 13.2. The molecular formula is C35H53ClN4O6S. The van der Waals surface area contributed by atoms with Crippen LogP contribution in [-0.4, -0.2) is 89.8 Å². The Bertz CT molecular complexity index is 1250. The first-order valence-electron chi connectivity index (χ1n) is 16.8. The van der Waals surface area contributed by atoms with Crippen LogP contribution in [0, 0.1) is 12.3 Å². The fourth-order valence-electron chi connectivity index (χ4n) is 5.50. The number of aromatic nitrogens is 1. The highest BCUT2D eigenvalue weighted by molar-refractivity contribution is 7.13. The van der Waals surface area contributed by atoms with Crippen molar-refractivity contribution >= 4 is 46.3 Å². The van der Waals surface area contributed by atoms with Crippen LogP contribution in [0.5, 0.6) is 0 Å². The molecule has 3 atom stereocenters. The maximum absolute atomic E-state index is 13.8. The van der Waals surface area contributed by atoms with Crippen LogP contribution in [0.3, 0.4) is 0 Å². The molecule has 1 aromatic heterocycles. The van der Waals surface area contributed by atoms with Crippen LogP contribution in [0.2, 0.25) is 0 Å². The van der Waals surface area contributed by atoms with Gasteiger partial charge in [-0.1, -0.05) is 52.2 Å². The first-order valence-corrected chi connectivity index (χ1v) is 18.2. The van der Waals surface area contributed by atoms with Gasteiger partial charge in [-0.3, -0.25) is 14.4 Å². The number of aryl methyl sites for hydroxylation is 1. The molecule has 3 rings (SSSR count). The first kappa shape index (κ1) is 38.9. The number of carbonyl (C=O) groups excluding carboxylic acids is 3. The molecule has 47 heavy (non-hydrogen) atoms. The number of halogens is 1. The molecule has 0 saturated carbocycles. The summed E-state index contributed by atoms with van der Waals surface area (Å²) in [5, 5.41) is 16.3. The lowest BCUT2D eigenvalue weighted by molar-refractivity contribution is -0.143. The van der Waals surface area contributed by atoms with Crippen molar-refractivity contribution in [3.8, 4) is 10.4 Å². The number of ether oxygens (including phenoxy) is 2. The molecule has 12 heteroatoms. The number of rotatable bonds is 20. The molecule has 3 N–H and O–H groups in total. The van der Waals surface area contributed by atoms with E-state index in [4.69, 9.17) is 21.1 Å². The van der Waals surface area contributed by atoms with Gasteiger partial charge in [0.15, 0.2) is 0 Å². The number of thiazole rings is 1. The quantitative estimate of drug-likeness (QED) is 0.116. The second-order valence-corrected chi connectivity index (χ2v) is 14.5. The molecule has 1 aromatic carbocycles. The topological polar surface area (TPSA) is 130 Å². The molecule has 3 amide bonds. The number of unbranched alkanes of at least 4 members (excludes halogenated alkanes) is 5. The lowest BCUT2D eigenvalue weighted by Gasteiger charge is -2.35. The summed E-state index contributed by atoms with van der Waals surface area (Å²) in [7, 11) is 0. The average molecular weight is 693 g/mol. The van der Waals surface area contributed by atoms with Crippen LogP contribution in [-0.2, 0) is 23.9 Å². The molecule has 1 fully saturated rings. The smallest absolute Gasteiger partial charge is 0.247 e. The van der Waals surface area contributed by atoms with E-state index in [-0.39, 0.29) is 37.1 Å². The van der Waals surface area contributed by atoms with Crippen LogP contribution >= 0.6 is 22.9 Å². The minimum Gasteiger partial charge on any atom is -0.391 e. The molecule has 1 unspecified atom stereocenters. The molecule has 0 bridgehead atoms. The fraction of sp³-hybridized carbons (Fsp3) is 0.657. The van der Waals surface area contributed by atoms with E-state index in [0.29, 0.717) is 31.9 Å². The average Bonchev–Trinajstić information content (AvgIpc) is 3.64. The molecule has 2 heterocycles. The minimum absolute atomic E-state index is 0.0303. The number of alkyl halides is 1. The lowest BCUT2D eigenvalue weighted by Crippen LogP contribution is -2.57. The Labute approximate surface area is 288 Å². The summed E-state index contributed by atoms with van der Waals surface area (Å²) in [6.07, 6.45) is 6.30. The monoisotopic (exact) mass is 692 g/mol. The van der Waals surface area contributed by atoms with Gasteiger partial charge in [0, 0.05) is 44.2 Å². The van der Waals surface area contributed by atoms with Gasteiger partial charge in [-0.05, 0) is 55.7 Å². The van der Waals surface area contributed by atoms with Gasteiger partial charge in [0.05, 0.1) is 35.4 Å². The summed E-state index contributed by atoms with van der Waals surface area (Å²) in [6.45, 7) is 10.1. The van der Waals surface area contributed by atoms with E-state index in [1.165, 1.54) is 4.90 Å². The van der Waals surface area contributed by atoms with Gasteiger partial charge >= 0.3 is 0 Å². The third-order valence-corrected chi connectivity index (χ3v) is 9.42.